The van der Waals surface area contributed by atoms with Crippen molar-refractivity contribution in [1.82, 2.24) is 24.7 Å². The quantitative estimate of drug-likeness (QED) is 0.0393. The Hall–Kier alpha value is -9.11. The van der Waals surface area contributed by atoms with Crippen molar-refractivity contribution in [1.29, 1.82) is 0 Å². The minimum absolute atomic E-state index is 0.00426. The van der Waals surface area contributed by atoms with Crippen molar-refractivity contribution in [3.05, 3.63) is 145 Å². The zero-order chi connectivity index (χ0) is 66.5. The molecule has 2 aliphatic carbocycles. The van der Waals surface area contributed by atoms with E-state index in [1.807, 2.05) is 48.5 Å². The van der Waals surface area contributed by atoms with Crippen LogP contribution in [0.2, 0.25) is 0 Å². The van der Waals surface area contributed by atoms with Crippen molar-refractivity contribution in [2.75, 3.05) is 57.4 Å². The van der Waals surface area contributed by atoms with Gasteiger partial charge in [-0.3, -0.25) is 28.9 Å². The highest BCUT2D eigenvalue weighted by Crippen LogP contribution is 2.48. The third-order valence-electron chi connectivity index (χ3n) is 18.2. The summed E-state index contributed by atoms with van der Waals surface area (Å²) in [6.45, 7) is 6.31. The monoisotopic (exact) mass is 1300 g/mol. The number of esters is 2. The van der Waals surface area contributed by atoms with Gasteiger partial charge in [-0.05, 0) is 102 Å². The van der Waals surface area contributed by atoms with Gasteiger partial charge in [0.1, 0.15) is 67.2 Å². The Morgan fingerprint density at radius 1 is 0.903 bits per heavy atom. The number of likely N-dealkylation sites (N-methyl/N-ethyl adjacent to an activating group) is 1. The molecule has 0 bridgehead atoms. The van der Waals surface area contributed by atoms with E-state index in [4.69, 9.17) is 38.1 Å². The van der Waals surface area contributed by atoms with E-state index in [1.165, 1.54) is 49.7 Å². The van der Waals surface area contributed by atoms with E-state index >= 15 is 4.39 Å². The van der Waals surface area contributed by atoms with Crippen molar-refractivity contribution in [3.8, 4) is 28.3 Å². The molecule has 6 aromatic rings. The van der Waals surface area contributed by atoms with Crippen LogP contribution in [0.4, 0.5) is 19.7 Å². The van der Waals surface area contributed by atoms with Crippen LogP contribution in [0.1, 0.15) is 109 Å². The maximum Gasteiger partial charge on any atom is 0.411 e. The number of carbonyl (C=O) groups is 7. The highest BCUT2D eigenvalue weighted by molar-refractivity contribution is 7.90. The number of sulfone groups is 1. The molecule has 0 spiro atoms. The Labute approximate surface area is 534 Å². The fraction of sp³-hybridized carbons (Fsp3) is 0.418. The van der Waals surface area contributed by atoms with Gasteiger partial charge in [0.25, 0.3) is 5.56 Å². The Morgan fingerprint density at radius 2 is 1.61 bits per heavy atom. The van der Waals surface area contributed by atoms with Gasteiger partial charge in [0.05, 0.1) is 46.5 Å². The molecule has 3 N–H and O–H groups in total. The first kappa shape index (κ1) is 65.4. The molecule has 3 aliphatic heterocycles. The molecule has 93 heavy (non-hydrogen) atoms. The first-order valence-electron chi connectivity index (χ1n) is 30.5. The number of benzene rings is 4. The van der Waals surface area contributed by atoms with E-state index in [9.17, 15) is 51.9 Å². The van der Waals surface area contributed by atoms with Crippen LogP contribution in [-0.2, 0) is 94.0 Å². The van der Waals surface area contributed by atoms with Crippen molar-refractivity contribution in [2.45, 2.75) is 117 Å². The summed E-state index contributed by atoms with van der Waals surface area (Å²) < 4.78 is 82.7. The Morgan fingerprint density at radius 3 is 2.29 bits per heavy atom. The topological polar surface area (TPSA) is 304 Å². The number of hydrogen-bond donors (Lipinski definition) is 3. The van der Waals surface area contributed by atoms with Gasteiger partial charge < -0.3 is 58.4 Å². The lowest BCUT2D eigenvalue weighted by atomic mass is 9.81. The fourth-order valence-corrected chi connectivity index (χ4v) is 13.7. The Bertz CT molecular complexity index is 4210. The molecule has 7 atom stereocenters. The molecule has 24 nitrogen and oxygen atoms in total. The minimum atomic E-state index is -3.69. The van der Waals surface area contributed by atoms with Crippen LogP contribution >= 0.6 is 0 Å². The largest absolute Gasteiger partial charge is 0.459 e. The number of ketones is 1. The summed E-state index contributed by atoms with van der Waals surface area (Å²) in [6.07, 6.45) is -3.66. The molecule has 2 aromatic heterocycles. The third kappa shape index (κ3) is 12.9. The number of Topliss-reactive ketones (excluding diaryl/α,β-unsaturated/α-hetero) is 1. The van der Waals surface area contributed by atoms with E-state index in [0.29, 0.717) is 46.2 Å². The number of aliphatic hydroxyl groups is 1. The number of rotatable bonds is 20. The number of hydrogen-bond acceptors (Lipinski definition) is 19. The number of aryl methyl sites for hydroxylation is 1. The molecule has 0 saturated carbocycles. The zero-order valence-electron chi connectivity index (χ0n) is 52.5. The standard InChI is InChI=1S/C67H71FN6O18S/c1-9-67(83)48-25-53-59-45(27-74(53)62(79)47(48)31-87-64(67)80)58-50(20-19-40-36(4)49(68)26-52(71-59)57(40)58)69-56(78)32-86-33-73(22-23-93(8,84)85)66(82)88-29-39-18-21-54(91-63-61(90-38(6)76)35(3)34(2)60(92-63)37(5)75)51(24-39)70-55(77)28-72(7)65(81)89-30-46-43-16-12-10-14-41(43)42-15-11-13-17-44(42)46/h10-18,21,24-26,34-35,46,50,60-61,63,83H,9,19-20,22-23,27-33H2,1-8H3,(H,69,78)(H,70,77)/t34-,35-,50-,60?,61?,63+,67-/m0/s1. The van der Waals surface area contributed by atoms with Gasteiger partial charge in [-0.2, -0.15) is 0 Å². The first-order chi connectivity index (χ1) is 44.2. The maximum absolute atomic E-state index is 15.6. The molecule has 11 rings (SSSR count). The molecule has 2 unspecified atom stereocenters. The lowest BCUT2D eigenvalue weighted by molar-refractivity contribution is -0.241. The second-order valence-corrected chi connectivity index (χ2v) is 26.6. The fourth-order valence-electron chi connectivity index (χ4n) is 13.2. The van der Waals surface area contributed by atoms with Gasteiger partial charge in [-0.15, -0.1) is 0 Å². The number of anilines is 1. The van der Waals surface area contributed by atoms with Gasteiger partial charge in [-0.25, -0.2) is 32.2 Å². The van der Waals surface area contributed by atoms with Gasteiger partial charge in [0.2, 0.25) is 18.1 Å². The SMILES string of the molecule is CC[C@@]1(O)C(=O)OCc2c1cc1n(c2=O)Cc2c-1nc1cc(F)c(C)c3c1c2[C@@H](NC(=O)COCN(CCS(C)(=O)=O)C(=O)OCc1ccc(O[C@@H]2OC(C(C)=O)[C@@H](C)[C@H](C)C2OC(C)=O)c(NC(=O)CN(C)C(=O)OCC2c4ccccc4-c4ccccc42)c1)CC3. The average Bonchev–Trinajstić information content (AvgIpc) is 1.63. The molecule has 4 amide bonds. The number of carbonyl (C=O) groups excluding carboxylic acids is 7. The number of nitrogens with one attached hydrogen (secondary N) is 2. The second-order valence-electron chi connectivity index (χ2n) is 24.4. The molecule has 4 aromatic carbocycles. The van der Waals surface area contributed by atoms with Gasteiger partial charge in [0.15, 0.2) is 17.5 Å². The molecular formula is C67H71FN6O18S. The van der Waals surface area contributed by atoms with Crippen LogP contribution in [0.3, 0.4) is 0 Å². The van der Waals surface area contributed by atoms with Crippen LogP contribution in [0, 0.1) is 24.6 Å². The second kappa shape index (κ2) is 26.1. The van der Waals surface area contributed by atoms with E-state index in [-0.39, 0.29) is 77.2 Å². The number of halogens is 1. The zero-order valence-corrected chi connectivity index (χ0v) is 53.3. The third-order valence-corrected chi connectivity index (χ3v) is 19.1. The van der Waals surface area contributed by atoms with Crippen LogP contribution in [-0.4, -0.2) is 145 Å². The van der Waals surface area contributed by atoms with Gasteiger partial charge >= 0.3 is 24.1 Å². The summed E-state index contributed by atoms with van der Waals surface area (Å²) in [5, 5.41) is 17.8. The number of aromatic nitrogens is 2. The molecule has 0 radical (unpaired) electrons. The predicted octanol–water partition coefficient (Wildman–Crippen LogP) is 7.00. The number of amides is 4. The Kier molecular flexibility index (Phi) is 18.4. The normalized spacial score (nSPS) is 20.8. The Balaban J connectivity index is 0.791. The summed E-state index contributed by atoms with van der Waals surface area (Å²) in [6, 6.07) is 22.1. The summed E-state index contributed by atoms with van der Waals surface area (Å²) in [7, 11) is -2.30. The number of cyclic esters (lactones) is 1. The van der Waals surface area contributed by atoms with E-state index < -0.39 is 138 Å². The lowest BCUT2D eigenvalue weighted by Crippen LogP contribution is -2.55. The average molecular weight is 1300 g/mol. The highest BCUT2D eigenvalue weighted by atomic mass is 32.2. The maximum atomic E-state index is 15.6. The van der Waals surface area contributed by atoms with Gasteiger partial charge in [-0.1, -0.05) is 75.4 Å². The molecule has 5 aliphatic rings. The molecule has 1 saturated heterocycles. The lowest BCUT2D eigenvalue weighted by Gasteiger charge is -2.42. The minimum Gasteiger partial charge on any atom is -0.459 e. The first-order valence-corrected chi connectivity index (χ1v) is 32.6. The summed E-state index contributed by atoms with van der Waals surface area (Å²) >= 11 is 0. The highest BCUT2D eigenvalue weighted by Gasteiger charge is 2.48. The number of fused-ring (bicyclic) bond motifs is 8. The van der Waals surface area contributed by atoms with Crippen molar-refractivity contribution in [3.63, 3.8) is 0 Å². The summed E-state index contributed by atoms with van der Waals surface area (Å²) in [5.41, 5.74) is 4.98. The summed E-state index contributed by atoms with van der Waals surface area (Å²) in [5.74, 6) is -5.36. The van der Waals surface area contributed by atoms with Crippen LogP contribution in [0.25, 0.3) is 33.4 Å². The smallest absolute Gasteiger partial charge is 0.411 e. The molecular weight excluding hydrogens is 1230 g/mol. The van der Waals surface area contributed by atoms with Crippen LogP contribution in [0.5, 0.6) is 5.75 Å². The number of nitrogens with zero attached hydrogens (tertiary/aromatic N) is 4. The molecule has 5 heterocycles. The van der Waals surface area contributed by atoms with Crippen molar-refractivity contribution >= 4 is 68.2 Å². The molecule has 26 heteroatoms. The predicted molar refractivity (Wildman–Crippen MR) is 332 cm³/mol. The van der Waals surface area contributed by atoms with Crippen LogP contribution < -0.4 is 20.9 Å². The summed E-state index contributed by atoms with van der Waals surface area (Å²) in [4.78, 5) is 115. The molecule has 490 valence electrons. The van der Waals surface area contributed by atoms with Crippen molar-refractivity contribution < 1.29 is 84.6 Å². The number of pyridine rings is 2. The number of ether oxygens (including phenoxy) is 7. The van der Waals surface area contributed by atoms with Crippen molar-refractivity contribution in [2.24, 2.45) is 11.8 Å². The van der Waals surface area contributed by atoms with Gasteiger partial charge in [0, 0.05) is 61.2 Å². The van der Waals surface area contributed by atoms with E-state index in [2.05, 4.69) is 10.6 Å². The van der Waals surface area contributed by atoms with Crippen LogP contribution in [0.15, 0.2) is 83.7 Å². The molecule has 1 fully saturated rings. The van der Waals surface area contributed by atoms with E-state index in [1.54, 1.807) is 33.8 Å². The van der Waals surface area contributed by atoms with E-state index in [0.717, 1.165) is 38.3 Å².